The Balaban J connectivity index is 4.03. The molecule has 0 saturated heterocycles. The molecule has 0 aromatic rings. The van der Waals surface area contributed by atoms with Gasteiger partial charge in [-0.3, -0.25) is 14.1 Å². The van der Waals surface area contributed by atoms with Gasteiger partial charge in [0.15, 0.2) is 6.10 Å². The zero-order valence-corrected chi connectivity index (χ0v) is 35.0. The van der Waals surface area contributed by atoms with Crippen LogP contribution in [0.1, 0.15) is 181 Å². The topological polar surface area (TPSA) is 119 Å². The minimum absolute atomic E-state index is 0.140. The van der Waals surface area contributed by atoms with Crippen molar-refractivity contribution in [3.8, 4) is 0 Å². The van der Waals surface area contributed by atoms with Gasteiger partial charge in [-0.05, 0) is 51.4 Å². The van der Waals surface area contributed by atoms with Gasteiger partial charge in [-0.2, -0.15) is 0 Å². The Kier molecular flexibility index (Phi) is 38.3. The molecule has 54 heavy (non-hydrogen) atoms. The van der Waals surface area contributed by atoms with Crippen molar-refractivity contribution in [2.75, 3.05) is 13.2 Å². The van der Waals surface area contributed by atoms with Gasteiger partial charge in [-0.1, -0.05) is 189 Å². The number of phosphoric acid groups is 1. The van der Waals surface area contributed by atoms with Crippen molar-refractivity contribution >= 4 is 19.8 Å². The first-order valence-electron chi connectivity index (χ1n) is 21.2. The molecule has 0 spiro atoms. The highest BCUT2D eigenvalue weighted by molar-refractivity contribution is 7.46. The van der Waals surface area contributed by atoms with Gasteiger partial charge in [-0.15, -0.1) is 0 Å². The fourth-order valence-electron chi connectivity index (χ4n) is 5.63. The van der Waals surface area contributed by atoms with Crippen LogP contribution < -0.4 is 0 Å². The lowest BCUT2D eigenvalue weighted by molar-refractivity contribution is -0.161. The summed E-state index contributed by atoms with van der Waals surface area (Å²) in [6, 6.07) is 0. The molecule has 2 N–H and O–H groups in total. The number of ether oxygens (including phenoxy) is 2. The maximum absolute atomic E-state index is 12.4. The summed E-state index contributed by atoms with van der Waals surface area (Å²) in [7, 11) is -4.77. The quantitative estimate of drug-likeness (QED) is 0.0275. The molecule has 310 valence electrons. The number of allylic oxidation sites excluding steroid dienone is 12. The second-order valence-electron chi connectivity index (χ2n) is 13.9. The molecule has 0 amide bonds. The maximum atomic E-state index is 12.4. The number of phosphoric ester groups is 1. The summed E-state index contributed by atoms with van der Waals surface area (Å²) >= 11 is 0. The minimum Gasteiger partial charge on any atom is -0.462 e. The van der Waals surface area contributed by atoms with Crippen LogP contribution in [0.5, 0.6) is 0 Å². The van der Waals surface area contributed by atoms with Crippen LogP contribution in [0.2, 0.25) is 0 Å². The Morgan fingerprint density at radius 1 is 0.500 bits per heavy atom. The molecule has 9 heteroatoms. The van der Waals surface area contributed by atoms with E-state index in [0.717, 1.165) is 57.8 Å². The third kappa shape index (κ3) is 42.2. The SMILES string of the molecule is CC/C=C\C/C=C\C/C=C\C/C=C\C/C=C\C/C=C\CCC(=O)OC[C@H](COP(=O)(O)O)OC(=O)CCCCCCCCCCCCCCCCCCC. The van der Waals surface area contributed by atoms with Gasteiger partial charge >= 0.3 is 19.8 Å². The van der Waals surface area contributed by atoms with E-state index in [4.69, 9.17) is 19.3 Å². The molecule has 0 bridgehead atoms. The number of esters is 2. The fourth-order valence-corrected chi connectivity index (χ4v) is 5.99. The van der Waals surface area contributed by atoms with E-state index in [1.165, 1.54) is 83.5 Å². The van der Waals surface area contributed by atoms with Crippen molar-refractivity contribution < 1.29 is 37.9 Å². The molecule has 0 rings (SSSR count). The fraction of sp³-hybridized carbons (Fsp3) is 0.689. The summed E-state index contributed by atoms with van der Waals surface area (Å²) in [5.41, 5.74) is 0. The van der Waals surface area contributed by atoms with E-state index in [1.807, 2.05) is 12.2 Å². The standard InChI is InChI=1S/C45H77O8P/c1-3-5-7-9-11-13-15-17-19-21-22-24-25-27-29-31-33-35-37-39-44(46)51-41-43(42-52-54(48,49)50)53-45(47)40-38-36-34-32-30-28-26-23-20-18-16-14-12-10-8-6-4-2/h5,7,11,13,17,19,22,24,27,29,33,35,43H,3-4,6,8-10,12,14-16,18,20-21,23,25-26,28,30-32,34,36-42H2,1-2H3,(H2,48,49,50)/b7-5-,13-11-,19-17-,24-22-,29-27-,35-33-/t43-/m1/s1. The molecule has 0 radical (unpaired) electrons. The molecule has 0 aliphatic carbocycles. The predicted molar refractivity (Wildman–Crippen MR) is 225 cm³/mol. The number of hydrogen-bond acceptors (Lipinski definition) is 6. The van der Waals surface area contributed by atoms with Gasteiger partial charge in [0, 0.05) is 12.8 Å². The first-order valence-corrected chi connectivity index (χ1v) is 22.8. The molecule has 0 aromatic heterocycles. The van der Waals surface area contributed by atoms with Gasteiger partial charge in [-0.25, -0.2) is 4.57 Å². The second kappa shape index (κ2) is 40.2. The molecule has 8 nitrogen and oxygen atoms in total. The number of carbonyl (C=O) groups excluding carboxylic acids is 2. The van der Waals surface area contributed by atoms with Gasteiger partial charge in [0.25, 0.3) is 0 Å². The molecule has 0 aliphatic heterocycles. The zero-order chi connectivity index (χ0) is 39.6. The Labute approximate surface area is 329 Å². The van der Waals surface area contributed by atoms with Crippen LogP contribution in [0.4, 0.5) is 0 Å². The van der Waals surface area contributed by atoms with Crippen LogP contribution in [-0.4, -0.2) is 41.0 Å². The first kappa shape index (κ1) is 51.5. The molecule has 0 unspecified atom stereocenters. The van der Waals surface area contributed by atoms with Crippen LogP contribution in [0.15, 0.2) is 72.9 Å². The summed E-state index contributed by atoms with van der Waals surface area (Å²) in [6.45, 7) is 3.51. The van der Waals surface area contributed by atoms with E-state index >= 15 is 0 Å². The van der Waals surface area contributed by atoms with E-state index in [1.54, 1.807) is 0 Å². The summed E-state index contributed by atoms with van der Waals surface area (Å²) < 4.78 is 26.3. The van der Waals surface area contributed by atoms with Crippen molar-refractivity contribution in [1.82, 2.24) is 0 Å². The largest absolute Gasteiger partial charge is 0.469 e. The first-order chi connectivity index (χ1) is 26.3. The van der Waals surface area contributed by atoms with E-state index in [0.29, 0.717) is 12.8 Å². The highest BCUT2D eigenvalue weighted by Gasteiger charge is 2.22. The summed E-state index contributed by atoms with van der Waals surface area (Å²) in [4.78, 5) is 42.8. The molecule has 0 aromatic carbocycles. The van der Waals surface area contributed by atoms with Crippen molar-refractivity contribution in [2.24, 2.45) is 0 Å². The number of carbonyl (C=O) groups is 2. The second-order valence-corrected chi connectivity index (χ2v) is 15.2. The van der Waals surface area contributed by atoms with Crippen LogP contribution in [0.25, 0.3) is 0 Å². The maximum Gasteiger partial charge on any atom is 0.469 e. The Morgan fingerprint density at radius 2 is 0.889 bits per heavy atom. The van der Waals surface area contributed by atoms with E-state index in [9.17, 15) is 14.2 Å². The third-order valence-corrected chi connectivity index (χ3v) is 9.24. The van der Waals surface area contributed by atoms with Crippen molar-refractivity contribution in [3.05, 3.63) is 72.9 Å². The third-order valence-electron chi connectivity index (χ3n) is 8.75. The lowest BCUT2D eigenvalue weighted by Crippen LogP contribution is -2.29. The molecular formula is C45H77O8P. The van der Waals surface area contributed by atoms with E-state index in [-0.39, 0.29) is 19.4 Å². The van der Waals surface area contributed by atoms with Crippen molar-refractivity contribution in [1.29, 1.82) is 0 Å². The molecule has 1 atom stereocenters. The number of unbranched alkanes of at least 4 members (excludes halogenated alkanes) is 16. The van der Waals surface area contributed by atoms with Gasteiger partial charge in [0.1, 0.15) is 6.61 Å². The normalized spacial score (nSPS) is 13.2. The monoisotopic (exact) mass is 777 g/mol. The Morgan fingerprint density at radius 3 is 1.30 bits per heavy atom. The molecule has 0 fully saturated rings. The average molecular weight is 777 g/mol. The van der Waals surface area contributed by atoms with Gasteiger partial charge in [0.2, 0.25) is 0 Å². The molecule has 0 aliphatic rings. The van der Waals surface area contributed by atoms with E-state index in [2.05, 4.69) is 79.1 Å². The predicted octanol–water partition coefficient (Wildman–Crippen LogP) is 13.1. The van der Waals surface area contributed by atoms with Gasteiger partial charge < -0.3 is 19.3 Å². The number of hydrogen-bond donors (Lipinski definition) is 2. The lowest BCUT2D eigenvalue weighted by atomic mass is 10.0. The van der Waals surface area contributed by atoms with Crippen molar-refractivity contribution in [2.45, 2.75) is 187 Å². The Bertz CT molecular complexity index is 1100. The Hall–Kier alpha value is -2.51. The van der Waals surface area contributed by atoms with Gasteiger partial charge in [0.05, 0.1) is 6.61 Å². The summed E-state index contributed by atoms with van der Waals surface area (Å²) in [6.07, 6.45) is 52.1. The molecule has 0 heterocycles. The minimum atomic E-state index is -4.77. The van der Waals surface area contributed by atoms with Crippen molar-refractivity contribution in [3.63, 3.8) is 0 Å². The smallest absolute Gasteiger partial charge is 0.462 e. The average Bonchev–Trinajstić information content (AvgIpc) is 3.14. The molecule has 0 saturated carbocycles. The van der Waals surface area contributed by atoms with Crippen LogP contribution in [-0.2, 0) is 28.2 Å². The summed E-state index contributed by atoms with van der Waals surface area (Å²) in [5, 5.41) is 0. The highest BCUT2D eigenvalue weighted by Crippen LogP contribution is 2.36. The highest BCUT2D eigenvalue weighted by atomic mass is 31.2. The summed E-state index contributed by atoms with van der Waals surface area (Å²) in [5.74, 6) is -0.982. The lowest BCUT2D eigenvalue weighted by Gasteiger charge is -2.18. The van der Waals surface area contributed by atoms with E-state index < -0.39 is 32.5 Å². The molecular weight excluding hydrogens is 699 g/mol. The van der Waals surface area contributed by atoms with Crippen LogP contribution in [0.3, 0.4) is 0 Å². The number of rotatable bonds is 38. The van der Waals surface area contributed by atoms with Crippen LogP contribution >= 0.6 is 7.82 Å². The zero-order valence-electron chi connectivity index (χ0n) is 34.1. The van der Waals surface area contributed by atoms with Crippen LogP contribution in [0, 0.1) is 0 Å².